The number of rotatable bonds is 12. The first-order valence-corrected chi connectivity index (χ1v) is 13.2. The van der Waals surface area contributed by atoms with Crippen molar-refractivity contribution in [1.82, 2.24) is 10.2 Å². The zero-order valence-electron chi connectivity index (χ0n) is 20.6. The van der Waals surface area contributed by atoms with E-state index in [1.165, 1.54) is 36.0 Å². The van der Waals surface area contributed by atoms with E-state index in [1.807, 2.05) is 44.2 Å². The van der Waals surface area contributed by atoms with Gasteiger partial charge in [-0.05, 0) is 54.3 Å². The number of nitrogens with one attached hydrogen (secondary N) is 1. The molecule has 3 aromatic carbocycles. The van der Waals surface area contributed by atoms with E-state index < -0.39 is 6.04 Å². The summed E-state index contributed by atoms with van der Waals surface area (Å²) in [6.07, 6.45) is 1.13. The molecule has 2 amide bonds. The van der Waals surface area contributed by atoms with Gasteiger partial charge in [-0.3, -0.25) is 9.59 Å². The number of halogens is 2. The lowest BCUT2D eigenvalue weighted by Crippen LogP contribution is -2.52. The van der Waals surface area contributed by atoms with E-state index in [0.29, 0.717) is 12.2 Å². The van der Waals surface area contributed by atoms with Crippen LogP contribution >= 0.6 is 11.8 Å². The molecule has 0 heterocycles. The molecule has 2 atom stereocenters. The number of hydrogen-bond acceptors (Lipinski definition) is 3. The molecule has 0 unspecified atom stereocenters. The van der Waals surface area contributed by atoms with Crippen molar-refractivity contribution in [2.45, 2.75) is 51.1 Å². The van der Waals surface area contributed by atoms with Crippen molar-refractivity contribution < 1.29 is 18.4 Å². The molecule has 1 N–H and O–H groups in total. The lowest BCUT2D eigenvalue weighted by molar-refractivity contribution is -0.139. The molecule has 0 saturated heterocycles. The van der Waals surface area contributed by atoms with E-state index in [0.717, 1.165) is 23.1 Å². The highest BCUT2D eigenvalue weighted by molar-refractivity contribution is 7.99. The normalized spacial score (nSPS) is 12.6. The van der Waals surface area contributed by atoms with Crippen molar-refractivity contribution in [3.63, 3.8) is 0 Å². The molecular formula is C29H32F2N2O2S. The maximum Gasteiger partial charge on any atom is 0.243 e. The van der Waals surface area contributed by atoms with Gasteiger partial charge in [0.1, 0.15) is 17.7 Å². The van der Waals surface area contributed by atoms with Gasteiger partial charge < -0.3 is 10.2 Å². The molecule has 0 aliphatic rings. The van der Waals surface area contributed by atoms with Crippen molar-refractivity contribution in [3.05, 3.63) is 107 Å². The Bertz CT molecular complexity index is 1110. The van der Waals surface area contributed by atoms with Gasteiger partial charge in [-0.1, -0.05) is 61.5 Å². The van der Waals surface area contributed by atoms with Gasteiger partial charge in [-0.2, -0.15) is 0 Å². The van der Waals surface area contributed by atoms with Crippen LogP contribution in [0.25, 0.3) is 0 Å². The van der Waals surface area contributed by atoms with Crippen molar-refractivity contribution >= 4 is 23.6 Å². The monoisotopic (exact) mass is 510 g/mol. The molecule has 0 radical (unpaired) electrons. The lowest BCUT2D eigenvalue weighted by atomic mass is 10.0. The van der Waals surface area contributed by atoms with Crippen LogP contribution in [-0.2, 0) is 28.3 Å². The predicted molar refractivity (Wildman–Crippen MR) is 141 cm³/mol. The largest absolute Gasteiger partial charge is 0.352 e. The third kappa shape index (κ3) is 8.48. The molecule has 0 spiro atoms. The number of carbonyl (C=O) groups is 2. The highest BCUT2D eigenvalue weighted by Gasteiger charge is 2.30. The minimum absolute atomic E-state index is 0.0357. The maximum atomic E-state index is 13.5. The summed E-state index contributed by atoms with van der Waals surface area (Å²) < 4.78 is 26.7. The van der Waals surface area contributed by atoms with Crippen LogP contribution in [0.5, 0.6) is 0 Å². The van der Waals surface area contributed by atoms with E-state index in [-0.39, 0.29) is 41.8 Å². The summed E-state index contributed by atoms with van der Waals surface area (Å²) in [5.74, 6) is -0.374. The van der Waals surface area contributed by atoms with Gasteiger partial charge in [0, 0.05) is 24.8 Å². The molecule has 0 aromatic heterocycles. The molecule has 0 bridgehead atoms. The third-order valence-electron chi connectivity index (χ3n) is 5.95. The Morgan fingerprint density at radius 1 is 0.861 bits per heavy atom. The molecule has 7 heteroatoms. The predicted octanol–water partition coefficient (Wildman–Crippen LogP) is 5.75. The molecule has 4 nitrogen and oxygen atoms in total. The number of hydrogen-bond donors (Lipinski definition) is 1. The Hall–Kier alpha value is -3.19. The average molecular weight is 511 g/mol. The highest BCUT2D eigenvalue weighted by Crippen LogP contribution is 2.19. The van der Waals surface area contributed by atoms with Gasteiger partial charge in [0.05, 0.1) is 5.75 Å². The minimum Gasteiger partial charge on any atom is -0.352 e. The van der Waals surface area contributed by atoms with Crippen LogP contribution in [0.1, 0.15) is 37.0 Å². The summed E-state index contributed by atoms with van der Waals surface area (Å²) in [7, 11) is 0. The second kappa shape index (κ2) is 13.8. The summed E-state index contributed by atoms with van der Waals surface area (Å²) in [6, 6.07) is 21.0. The van der Waals surface area contributed by atoms with E-state index in [1.54, 1.807) is 29.2 Å². The zero-order chi connectivity index (χ0) is 25.9. The fourth-order valence-electron chi connectivity index (χ4n) is 3.70. The van der Waals surface area contributed by atoms with Crippen LogP contribution in [0.2, 0.25) is 0 Å². The summed E-state index contributed by atoms with van der Waals surface area (Å²) in [6.45, 7) is 4.11. The Morgan fingerprint density at radius 3 is 2.03 bits per heavy atom. The van der Waals surface area contributed by atoms with Crippen LogP contribution in [0.4, 0.5) is 8.78 Å². The maximum absolute atomic E-state index is 13.5. The molecule has 36 heavy (non-hydrogen) atoms. The van der Waals surface area contributed by atoms with Crippen LogP contribution in [0.3, 0.4) is 0 Å². The Labute approximate surface area is 216 Å². The Balaban J connectivity index is 1.84. The van der Waals surface area contributed by atoms with Crippen molar-refractivity contribution in [2.24, 2.45) is 0 Å². The van der Waals surface area contributed by atoms with Crippen LogP contribution in [-0.4, -0.2) is 34.6 Å². The number of amides is 2. The number of carbonyl (C=O) groups excluding carboxylic acids is 2. The zero-order valence-corrected chi connectivity index (χ0v) is 21.4. The molecule has 0 fully saturated rings. The molecule has 0 aliphatic heterocycles. The first kappa shape index (κ1) is 27.4. The van der Waals surface area contributed by atoms with Crippen LogP contribution < -0.4 is 5.32 Å². The average Bonchev–Trinajstić information content (AvgIpc) is 2.88. The molecular weight excluding hydrogens is 478 g/mol. The van der Waals surface area contributed by atoms with E-state index in [4.69, 9.17) is 0 Å². The van der Waals surface area contributed by atoms with Gasteiger partial charge in [0.2, 0.25) is 11.8 Å². The Morgan fingerprint density at radius 2 is 1.44 bits per heavy atom. The number of benzene rings is 3. The fourth-order valence-corrected chi connectivity index (χ4v) is 4.57. The van der Waals surface area contributed by atoms with Gasteiger partial charge >= 0.3 is 0 Å². The quantitative estimate of drug-likeness (QED) is 0.337. The van der Waals surface area contributed by atoms with Crippen molar-refractivity contribution in [2.75, 3.05) is 5.75 Å². The Kier molecular flexibility index (Phi) is 10.5. The molecule has 0 saturated carbocycles. The van der Waals surface area contributed by atoms with Crippen LogP contribution in [0.15, 0.2) is 78.9 Å². The SMILES string of the molecule is CC[C@@H](C)NC(=O)[C@H](Cc1ccccc1)N(Cc1ccc(F)cc1)C(=O)CSCc1ccc(F)cc1. The first-order valence-electron chi connectivity index (χ1n) is 12.1. The van der Waals surface area contributed by atoms with E-state index in [2.05, 4.69) is 5.32 Å². The molecule has 3 aromatic rings. The topological polar surface area (TPSA) is 49.4 Å². The van der Waals surface area contributed by atoms with Gasteiger partial charge in [-0.25, -0.2) is 8.78 Å². The summed E-state index contributed by atoms with van der Waals surface area (Å²) >= 11 is 1.41. The lowest BCUT2D eigenvalue weighted by Gasteiger charge is -2.32. The second-order valence-electron chi connectivity index (χ2n) is 8.79. The number of nitrogens with zero attached hydrogens (tertiary/aromatic N) is 1. The smallest absolute Gasteiger partial charge is 0.243 e. The highest BCUT2D eigenvalue weighted by atomic mass is 32.2. The molecule has 3 rings (SSSR count). The second-order valence-corrected chi connectivity index (χ2v) is 9.78. The van der Waals surface area contributed by atoms with Crippen LogP contribution in [0, 0.1) is 11.6 Å². The standard InChI is InChI=1S/C29H32F2N2O2S/c1-3-21(2)32-29(35)27(17-22-7-5-4-6-8-22)33(18-23-9-13-25(30)14-10-23)28(34)20-36-19-24-11-15-26(31)16-12-24/h4-16,21,27H,3,17-20H2,1-2H3,(H,32,35)/t21-,27+/m1/s1. The summed E-state index contributed by atoms with van der Waals surface area (Å²) in [5, 5.41) is 3.03. The summed E-state index contributed by atoms with van der Waals surface area (Å²) in [4.78, 5) is 28.6. The molecule has 0 aliphatic carbocycles. The minimum atomic E-state index is -0.731. The van der Waals surface area contributed by atoms with Gasteiger partial charge in [-0.15, -0.1) is 11.8 Å². The summed E-state index contributed by atoms with van der Waals surface area (Å²) in [5.41, 5.74) is 2.59. The van der Waals surface area contributed by atoms with Crippen molar-refractivity contribution in [3.8, 4) is 0 Å². The molecule has 190 valence electrons. The number of thioether (sulfide) groups is 1. The van der Waals surface area contributed by atoms with Gasteiger partial charge in [0.15, 0.2) is 0 Å². The van der Waals surface area contributed by atoms with E-state index in [9.17, 15) is 18.4 Å². The van der Waals surface area contributed by atoms with Crippen molar-refractivity contribution in [1.29, 1.82) is 0 Å². The first-order chi connectivity index (χ1) is 17.4. The third-order valence-corrected chi connectivity index (χ3v) is 6.93. The van der Waals surface area contributed by atoms with E-state index >= 15 is 0 Å². The van der Waals surface area contributed by atoms with Gasteiger partial charge in [0.25, 0.3) is 0 Å². The fraction of sp³-hybridized carbons (Fsp3) is 0.310.